The van der Waals surface area contributed by atoms with Gasteiger partial charge in [0.2, 0.25) is 0 Å². The van der Waals surface area contributed by atoms with Gasteiger partial charge in [-0.15, -0.1) is 5.14 Å². The van der Waals surface area contributed by atoms with E-state index in [1.807, 2.05) is 93.3 Å². The number of rotatable bonds is 7. The van der Waals surface area contributed by atoms with E-state index in [9.17, 15) is 4.55 Å². The normalized spacial score (nSPS) is 12.5. The summed E-state index contributed by atoms with van der Waals surface area (Å²) in [5.41, 5.74) is 4.62. The Balaban J connectivity index is 1.47. The van der Waals surface area contributed by atoms with Crippen molar-refractivity contribution in [1.29, 1.82) is 0 Å². The Morgan fingerprint density at radius 2 is 1.71 bits per heavy atom. The molecule has 1 unspecified atom stereocenters. The van der Waals surface area contributed by atoms with Gasteiger partial charge in [-0.3, -0.25) is 0 Å². The number of likely N-dealkylation sites (N-methyl/N-ethyl adjacent to an activating group) is 1. The fraction of sp³-hybridized carbons (Fsp3) is 0.154. The van der Waals surface area contributed by atoms with Crippen molar-refractivity contribution in [3.8, 4) is 28.0 Å². The first kappa shape index (κ1) is 22.4. The number of ether oxygens (including phenoxy) is 1. The number of hydrogen-bond donors (Lipinski definition) is 1. The number of fused-ring (bicyclic) bond motifs is 2. The summed E-state index contributed by atoms with van der Waals surface area (Å²) in [5, 5.41) is 12.1. The predicted molar refractivity (Wildman–Crippen MR) is 136 cm³/mol. The minimum atomic E-state index is -1.56. The van der Waals surface area contributed by atoms with Gasteiger partial charge in [0.1, 0.15) is 12.4 Å². The van der Waals surface area contributed by atoms with Gasteiger partial charge in [0.15, 0.2) is 10.5 Å². The van der Waals surface area contributed by atoms with Crippen molar-refractivity contribution in [2.24, 2.45) is 5.14 Å². The average molecular weight is 472 g/mol. The summed E-state index contributed by atoms with van der Waals surface area (Å²) in [5.74, 6) is 0.842. The van der Waals surface area contributed by atoms with Crippen molar-refractivity contribution in [3.05, 3.63) is 79.3 Å². The quantitative estimate of drug-likeness (QED) is 0.359. The van der Waals surface area contributed by atoms with Crippen LogP contribution in [-0.4, -0.2) is 51.3 Å². The Kier molecular flexibility index (Phi) is 6.21. The van der Waals surface area contributed by atoms with E-state index in [0.717, 1.165) is 51.0 Å². The molecule has 1 atom stereocenters. The van der Waals surface area contributed by atoms with Crippen LogP contribution in [0.15, 0.2) is 84.1 Å². The molecule has 0 amide bonds. The molecule has 0 saturated heterocycles. The number of aromatic nitrogens is 3. The minimum absolute atomic E-state index is 0.611. The Labute approximate surface area is 201 Å². The summed E-state index contributed by atoms with van der Waals surface area (Å²) in [6.07, 6.45) is 5.64. The van der Waals surface area contributed by atoms with Gasteiger partial charge in [-0.2, -0.15) is 5.10 Å². The molecule has 172 valence electrons. The van der Waals surface area contributed by atoms with Gasteiger partial charge in [-0.1, -0.05) is 30.3 Å². The van der Waals surface area contributed by atoms with Crippen molar-refractivity contribution in [3.63, 3.8) is 0 Å². The van der Waals surface area contributed by atoms with Crippen molar-refractivity contribution >= 4 is 27.8 Å². The molecule has 0 fully saturated rings. The zero-order valence-corrected chi connectivity index (χ0v) is 19.8. The molecule has 0 aliphatic rings. The van der Waals surface area contributed by atoms with Crippen LogP contribution in [0.3, 0.4) is 0 Å². The molecular weight excluding hydrogens is 446 g/mol. The maximum absolute atomic E-state index is 12.0. The van der Waals surface area contributed by atoms with Crippen molar-refractivity contribution in [1.82, 2.24) is 19.5 Å². The van der Waals surface area contributed by atoms with E-state index in [2.05, 4.69) is 10.00 Å². The standard InChI is InChI=1S/C26H25N5O2S/c1-30(2)13-14-33-20-9-7-18(8-10-20)19-15-28-26-24(16-29-31(26)17-19)22-11-12-25(34(27)32)23-6-4-3-5-21(22)23/h3-12,15-17H,13-14,27H2,1-2H3. The highest BCUT2D eigenvalue weighted by molar-refractivity contribution is 7.89. The van der Waals surface area contributed by atoms with Crippen LogP contribution < -0.4 is 9.88 Å². The van der Waals surface area contributed by atoms with Crippen LogP contribution >= 0.6 is 0 Å². The first-order valence-electron chi connectivity index (χ1n) is 10.9. The lowest BCUT2D eigenvalue weighted by atomic mass is 10.00. The molecule has 8 heteroatoms. The molecule has 0 radical (unpaired) electrons. The first-order valence-corrected chi connectivity index (χ1v) is 12.1. The fourth-order valence-corrected chi connectivity index (χ4v) is 4.58. The summed E-state index contributed by atoms with van der Waals surface area (Å²) in [6.45, 7) is 1.51. The van der Waals surface area contributed by atoms with Crippen LogP contribution in [0.1, 0.15) is 0 Å². The molecule has 2 heterocycles. The number of benzene rings is 3. The third kappa shape index (κ3) is 4.36. The van der Waals surface area contributed by atoms with E-state index in [-0.39, 0.29) is 0 Å². The SMILES string of the molecule is CN(C)CCOc1ccc(-c2cnc3c(-c4ccc([S+](N)[O-])c5ccccc45)cnn3c2)cc1. The first-order chi connectivity index (χ1) is 16.5. The second kappa shape index (κ2) is 9.44. The average Bonchev–Trinajstić information content (AvgIpc) is 3.26. The van der Waals surface area contributed by atoms with E-state index in [1.165, 1.54) is 0 Å². The molecule has 0 bridgehead atoms. The molecule has 5 rings (SSSR count). The third-order valence-electron chi connectivity index (χ3n) is 5.74. The second-order valence-corrected chi connectivity index (χ2v) is 9.33. The molecule has 2 aromatic heterocycles. The summed E-state index contributed by atoms with van der Waals surface area (Å²) in [7, 11) is 4.05. The third-order valence-corrected chi connectivity index (χ3v) is 6.53. The molecule has 0 spiro atoms. The van der Waals surface area contributed by atoms with E-state index >= 15 is 0 Å². The Bertz CT molecular complexity index is 1450. The van der Waals surface area contributed by atoms with Gasteiger partial charge in [0.05, 0.1) is 17.6 Å². The summed E-state index contributed by atoms with van der Waals surface area (Å²) < 4.78 is 19.6. The highest BCUT2D eigenvalue weighted by atomic mass is 32.2. The van der Waals surface area contributed by atoms with Crippen molar-refractivity contribution in [2.45, 2.75) is 4.90 Å². The van der Waals surface area contributed by atoms with E-state index in [4.69, 9.17) is 14.9 Å². The molecule has 0 aliphatic heterocycles. The fourth-order valence-electron chi connectivity index (χ4n) is 3.99. The predicted octanol–water partition coefficient (Wildman–Crippen LogP) is 4.14. The van der Waals surface area contributed by atoms with Gasteiger partial charge in [0.25, 0.3) is 0 Å². The monoisotopic (exact) mass is 471 g/mol. The van der Waals surface area contributed by atoms with E-state index < -0.39 is 11.4 Å². The highest BCUT2D eigenvalue weighted by Gasteiger charge is 2.17. The van der Waals surface area contributed by atoms with E-state index in [0.29, 0.717) is 11.5 Å². The van der Waals surface area contributed by atoms with Crippen molar-refractivity contribution < 1.29 is 9.29 Å². The molecule has 0 saturated carbocycles. The second-order valence-electron chi connectivity index (χ2n) is 8.30. The van der Waals surface area contributed by atoms with Crippen LogP contribution in [-0.2, 0) is 11.4 Å². The Morgan fingerprint density at radius 3 is 2.44 bits per heavy atom. The zero-order chi connectivity index (χ0) is 23.7. The van der Waals surface area contributed by atoms with Gasteiger partial charge >= 0.3 is 0 Å². The number of hydrogen-bond acceptors (Lipinski definition) is 6. The van der Waals surface area contributed by atoms with Gasteiger partial charge < -0.3 is 14.2 Å². The molecule has 5 aromatic rings. The van der Waals surface area contributed by atoms with Gasteiger partial charge in [-0.25, -0.2) is 9.50 Å². The van der Waals surface area contributed by atoms with Crippen LogP contribution in [0.25, 0.3) is 38.7 Å². The molecule has 7 nitrogen and oxygen atoms in total. The molecular formula is C26H25N5O2S. The largest absolute Gasteiger partial charge is 0.593 e. The lowest BCUT2D eigenvalue weighted by molar-refractivity contribution is 0.261. The molecule has 3 aromatic carbocycles. The maximum atomic E-state index is 12.0. The highest BCUT2D eigenvalue weighted by Crippen LogP contribution is 2.34. The van der Waals surface area contributed by atoms with Gasteiger partial charge in [-0.05, 0) is 60.9 Å². The molecule has 0 aliphatic carbocycles. The Morgan fingerprint density at radius 1 is 0.941 bits per heavy atom. The smallest absolute Gasteiger partial charge is 0.181 e. The number of nitrogens with two attached hydrogens (primary N) is 1. The van der Waals surface area contributed by atoms with Gasteiger partial charge in [0, 0.05) is 35.5 Å². The van der Waals surface area contributed by atoms with Crippen molar-refractivity contribution in [2.75, 3.05) is 27.2 Å². The van der Waals surface area contributed by atoms with Crippen LogP contribution in [0, 0.1) is 0 Å². The van der Waals surface area contributed by atoms with E-state index in [1.54, 1.807) is 4.52 Å². The summed E-state index contributed by atoms with van der Waals surface area (Å²) in [6, 6.07) is 19.6. The summed E-state index contributed by atoms with van der Waals surface area (Å²) in [4.78, 5) is 7.43. The summed E-state index contributed by atoms with van der Waals surface area (Å²) >= 11 is -1.56. The Hall–Kier alpha value is -3.43. The lowest BCUT2D eigenvalue weighted by Gasteiger charge is -2.11. The minimum Gasteiger partial charge on any atom is -0.593 e. The topological polar surface area (TPSA) is 91.7 Å². The number of nitrogens with zero attached hydrogens (tertiary/aromatic N) is 4. The maximum Gasteiger partial charge on any atom is 0.181 e. The molecule has 2 N–H and O–H groups in total. The zero-order valence-electron chi connectivity index (χ0n) is 19.0. The van der Waals surface area contributed by atoms with Crippen LogP contribution in [0.4, 0.5) is 0 Å². The van der Waals surface area contributed by atoms with Crippen LogP contribution in [0.5, 0.6) is 5.75 Å². The van der Waals surface area contributed by atoms with Crippen LogP contribution in [0.2, 0.25) is 0 Å². The lowest BCUT2D eigenvalue weighted by Crippen LogP contribution is -2.19. The molecule has 34 heavy (non-hydrogen) atoms.